The first-order valence-corrected chi connectivity index (χ1v) is 12.5. The minimum atomic E-state index is -0.0499. The van der Waals surface area contributed by atoms with Gasteiger partial charge in [0.1, 0.15) is 0 Å². The molecule has 5 rings (SSSR count). The fourth-order valence-corrected chi connectivity index (χ4v) is 5.73. The number of aromatic amines is 1. The number of methoxy groups -OCH3 is 3. The second kappa shape index (κ2) is 9.84. The van der Waals surface area contributed by atoms with E-state index < -0.39 is 0 Å². The summed E-state index contributed by atoms with van der Waals surface area (Å²) in [7, 11) is 5.03. The maximum Gasteiger partial charge on any atom is 0.175 e. The van der Waals surface area contributed by atoms with Gasteiger partial charge in [-0.1, -0.05) is 30.3 Å². The van der Waals surface area contributed by atoms with E-state index in [1.807, 2.05) is 19.1 Å². The summed E-state index contributed by atoms with van der Waals surface area (Å²) < 4.78 is 23.8. The van der Waals surface area contributed by atoms with Gasteiger partial charge in [-0.15, -0.1) is 0 Å². The van der Waals surface area contributed by atoms with Crippen LogP contribution in [0.25, 0.3) is 10.9 Å². The van der Waals surface area contributed by atoms with E-state index in [0.29, 0.717) is 18.1 Å². The second-order valence-electron chi connectivity index (χ2n) is 8.44. The largest absolute Gasteiger partial charge is 0.493 e. The monoisotopic (exact) mass is 536 g/mol. The summed E-state index contributed by atoms with van der Waals surface area (Å²) in [6.45, 7) is 3.26. The quantitative estimate of drug-likeness (QED) is 0.295. The highest BCUT2D eigenvalue weighted by molar-refractivity contribution is 9.10. The van der Waals surface area contributed by atoms with E-state index in [9.17, 15) is 0 Å². The fraction of sp³-hybridized carbons (Fsp3) is 0.286. The molecule has 7 heteroatoms. The standard InChI is InChI=1S/C28H29BrN2O4/c1-5-35-28-20(29)13-16(14-23(28)33-3)25-26-24(18-9-6-7-11-21(18)31-26)19(15-30-25)17-10-8-12-22(32-2)27(17)34-4/h6-14,19,25,30-31H,5,15H2,1-4H3. The number of rotatable bonds is 7. The molecule has 0 spiro atoms. The van der Waals surface area contributed by atoms with E-state index >= 15 is 0 Å². The Morgan fingerprint density at radius 3 is 2.46 bits per heavy atom. The Morgan fingerprint density at radius 1 is 0.914 bits per heavy atom. The van der Waals surface area contributed by atoms with Gasteiger partial charge in [-0.2, -0.15) is 0 Å². The third-order valence-corrected chi connectivity index (χ3v) is 7.21. The van der Waals surface area contributed by atoms with Crippen molar-refractivity contribution in [3.63, 3.8) is 0 Å². The van der Waals surface area contributed by atoms with E-state index in [1.165, 1.54) is 10.9 Å². The number of H-pyrrole nitrogens is 1. The molecule has 1 aromatic heterocycles. The van der Waals surface area contributed by atoms with E-state index in [4.69, 9.17) is 18.9 Å². The van der Waals surface area contributed by atoms with Crippen molar-refractivity contribution in [3.05, 3.63) is 81.5 Å². The summed E-state index contributed by atoms with van der Waals surface area (Å²) >= 11 is 3.69. The third-order valence-electron chi connectivity index (χ3n) is 6.62. The van der Waals surface area contributed by atoms with Gasteiger partial charge in [0.15, 0.2) is 23.0 Å². The number of hydrogen-bond donors (Lipinski definition) is 2. The number of aromatic nitrogens is 1. The summed E-state index contributed by atoms with van der Waals surface area (Å²) in [5.74, 6) is 2.99. The van der Waals surface area contributed by atoms with Gasteiger partial charge in [-0.25, -0.2) is 0 Å². The molecule has 35 heavy (non-hydrogen) atoms. The number of fused-ring (bicyclic) bond motifs is 3. The van der Waals surface area contributed by atoms with Gasteiger partial charge in [-0.05, 0) is 58.2 Å². The number of para-hydroxylation sites is 2. The van der Waals surface area contributed by atoms with Crippen molar-refractivity contribution in [2.45, 2.75) is 18.9 Å². The zero-order chi connectivity index (χ0) is 24.5. The normalized spacial score (nSPS) is 17.2. The Hall–Kier alpha value is -3.16. The van der Waals surface area contributed by atoms with Crippen LogP contribution in [0.2, 0.25) is 0 Å². The van der Waals surface area contributed by atoms with Crippen LogP contribution >= 0.6 is 15.9 Å². The molecule has 0 saturated carbocycles. The van der Waals surface area contributed by atoms with Crippen molar-refractivity contribution in [2.24, 2.45) is 0 Å². The summed E-state index contributed by atoms with van der Waals surface area (Å²) in [4.78, 5) is 3.71. The molecule has 0 aliphatic carbocycles. The van der Waals surface area contributed by atoms with Crippen LogP contribution in [-0.4, -0.2) is 39.5 Å². The molecule has 4 aromatic rings. The van der Waals surface area contributed by atoms with Gasteiger partial charge in [-0.3, -0.25) is 0 Å². The Labute approximate surface area is 213 Å². The first-order chi connectivity index (χ1) is 17.1. The highest BCUT2D eigenvalue weighted by Crippen LogP contribution is 2.47. The molecule has 2 N–H and O–H groups in total. The molecule has 182 valence electrons. The van der Waals surface area contributed by atoms with Gasteiger partial charge >= 0.3 is 0 Å². The molecular formula is C28H29BrN2O4. The van der Waals surface area contributed by atoms with Crippen molar-refractivity contribution < 1.29 is 18.9 Å². The van der Waals surface area contributed by atoms with E-state index in [0.717, 1.165) is 44.9 Å². The predicted molar refractivity (Wildman–Crippen MR) is 141 cm³/mol. The molecule has 1 aliphatic heterocycles. The van der Waals surface area contributed by atoms with Gasteiger partial charge in [0.2, 0.25) is 0 Å². The molecule has 0 saturated heterocycles. The Bertz CT molecular complexity index is 1370. The molecule has 0 fully saturated rings. The summed E-state index contributed by atoms with van der Waals surface area (Å²) in [6.07, 6.45) is 0. The molecule has 1 aliphatic rings. The number of nitrogens with one attached hydrogen (secondary N) is 2. The van der Waals surface area contributed by atoms with E-state index in [-0.39, 0.29) is 12.0 Å². The summed E-state index contributed by atoms with van der Waals surface area (Å²) in [5.41, 5.74) is 5.68. The van der Waals surface area contributed by atoms with Crippen LogP contribution < -0.4 is 24.3 Å². The highest BCUT2D eigenvalue weighted by Gasteiger charge is 2.35. The lowest BCUT2D eigenvalue weighted by Crippen LogP contribution is -2.34. The lowest BCUT2D eigenvalue weighted by atomic mass is 9.82. The maximum atomic E-state index is 5.82. The molecular weight excluding hydrogens is 508 g/mol. The smallest absolute Gasteiger partial charge is 0.175 e. The number of benzene rings is 3. The Morgan fingerprint density at radius 2 is 1.71 bits per heavy atom. The molecule has 0 amide bonds. The van der Waals surface area contributed by atoms with Gasteiger partial charge < -0.3 is 29.2 Å². The van der Waals surface area contributed by atoms with Crippen LogP contribution in [-0.2, 0) is 0 Å². The van der Waals surface area contributed by atoms with Crippen molar-refractivity contribution in [2.75, 3.05) is 34.5 Å². The third kappa shape index (κ3) is 4.02. The van der Waals surface area contributed by atoms with Crippen molar-refractivity contribution in [1.82, 2.24) is 10.3 Å². The highest BCUT2D eigenvalue weighted by atomic mass is 79.9. The number of halogens is 1. The van der Waals surface area contributed by atoms with Crippen LogP contribution in [0.5, 0.6) is 23.0 Å². The van der Waals surface area contributed by atoms with Gasteiger partial charge in [0.25, 0.3) is 0 Å². The minimum absolute atomic E-state index is 0.0499. The average molecular weight is 537 g/mol. The number of hydrogen-bond acceptors (Lipinski definition) is 5. The first-order valence-electron chi connectivity index (χ1n) is 11.7. The minimum Gasteiger partial charge on any atom is -0.493 e. The summed E-state index contributed by atoms with van der Waals surface area (Å²) in [6, 6.07) is 18.6. The Balaban J connectivity index is 1.69. The molecule has 0 bridgehead atoms. The first kappa shape index (κ1) is 23.6. The van der Waals surface area contributed by atoms with Crippen LogP contribution in [0.3, 0.4) is 0 Å². The molecule has 6 nitrogen and oxygen atoms in total. The van der Waals surface area contributed by atoms with Crippen LogP contribution in [0, 0.1) is 0 Å². The fourth-order valence-electron chi connectivity index (χ4n) is 5.15. The zero-order valence-electron chi connectivity index (χ0n) is 20.3. The van der Waals surface area contributed by atoms with Crippen LogP contribution in [0.15, 0.2) is 59.1 Å². The predicted octanol–water partition coefficient (Wildman–Crippen LogP) is 6.18. The molecule has 2 heterocycles. The van der Waals surface area contributed by atoms with E-state index in [2.05, 4.69) is 68.7 Å². The molecule has 2 unspecified atom stereocenters. The maximum absolute atomic E-state index is 5.82. The van der Waals surface area contributed by atoms with Gasteiger partial charge in [0.05, 0.1) is 38.5 Å². The summed E-state index contributed by atoms with van der Waals surface area (Å²) in [5, 5.41) is 4.98. The number of ether oxygens (including phenoxy) is 4. The van der Waals surface area contributed by atoms with Crippen molar-refractivity contribution >= 4 is 26.8 Å². The zero-order valence-corrected chi connectivity index (χ0v) is 21.9. The second-order valence-corrected chi connectivity index (χ2v) is 9.30. The van der Waals surface area contributed by atoms with Crippen molar-refractivity contribution in [1.29, 1.82) is 0 Å². The Kier molecular flexibility index (Phi) is 6.62. The SMILES string of the molecule is CCOc1c(Br)cc(C2NCC(c3cccc(OC)c3OC)c3c2[nH]c2ccccc32)cc1OC. The lowest BCUT2D eigenvalue weighted by Gasteiger charge is -2.32. The average Bonchev–Trinajstić information content (AvgIpc) is 3.28. The lowest BCUT2D eigenvalue weighted by molar-refractivity contribution is 0.308. The van der Waals surface area contributed by atoms with Crippen LogP contribution in [0.4, 0.5) is 0 Å². The molecule has 0 radical (unpaired) electrons. The van der Waals surface area contributed by atoms with Crippen LogP contribution in [0.1, 0.15) is 41.3 Å². The molecule has 3 aromatic carbocycles. The van der Waals surface area contributed by atoms with Crippen molar-refractivity contribution in [3.8, 4) is 23.0 Å². The molecule has 2 atom stereocenters. The topological polar surface area (TPSA) is 64.7 Å². The van der Waals surface area contributed by atoms with E-state index in [1.54, 1.807) is 21.3 Å². The van der Waals surface area contributed by atoms with Gasteiger partial charge in [0, 0.05) is 34.6 Å².